The minimum absolute atomic E-state index is 0.0132. The quantitative estimate of drug-likeness (QED) is 0.877. The third kappa shape index (κ3) is 3.06. The van der Waals surface area contributed by atoms with Crippen LogP contribution in [0.15, 0.2) is 23.1 Å². The third-order valence-electron chi connectivity index (χ3n) is 4.21. The van der Waals surface area contributed by atoms with E-state index in [0.29, 0.717) is 24.0 Å². The summed E-state index contributed by atoms with van der Waals surface area (Å²) in [6, 6.07) is 2.96. The Kier molecular flexibility index (Phi) is 4.16. The van der Waals surface area contributed by atoms with Crippen LogP contribution in [-0.2, 0) is 16.4 Å². The van der Waals surface area contributed by atoms with Crippen molar-refractivity contribution >= 4 is 26.8 Å². The van der Waals surface area contributed by atoms with E-state index in [1.165, 1.54) is 6.20 Å². The van der Waals surface area contributed by atoms with Crippen molar-refractivity contribution < 1.29 is 13.2 Å². The van der Waals surface area contributed by atoms with Gasteiger partial charge in [-0.25, -0.2) is 13.4 Å². The monoisotopic (exact) mass is 349 g/mol. The average molecular weight is 349 g/mol. The van der Waals surface area contributed by atoms with Crippen LogP contribution < -0.4 is 10.7 Å². The highest BCUT2D eigenvalue weighted by Gasteiger charge is 2.30. The molecule has 1 amide bonds. The van der Waals surface area contributed by atoms with Crippen LogP contribution in [0, 0.1) is 6.92 Å². The summed E-state index contributed by atoms with van der Waals surface area (Å²) in [6.07, 6.45) is 1.88. The molecule has 2 aromatic heterocycles. The minimum atomic E-state index is -3.09. The molecule has 3 rings (SSSR count). The van der Waals surface area contributed by atoms with E-state index in [0.717, 1.165) is 5.69 Å². The molecule has 2 aromatic rings. The first kappa shape index (κ1) is 16.6. The molecular weight excluding hydrogens is 330 g/mol. The number of hydrogen-bond acceptors (Lipinski definition) is 5. The number of aromatic nitrogens is 2. The summed E-state index contributed by atoms with van der Waals surface area (Å²) in [7, 11) is -3.09. The van der Waals surface area contributed by atoms with Gasteiger partial charge in [-0.2, -0.15) is 0 Å². The van der Waals surface area contributed by atoms with E-state index >= 15 is 0 Å². The summed E-state index contributed by atoms with van der Waals surface area (Å²) in [4.78, 5) is 29.5. The Bertz CT molecular complexity index is 979. The smallest absolute Gasteiger partial charge is 0.257 e. The molecule has 1 N–H and O–H groups in total. The van der Waals surface area contributed by atoms with Crippen molar-refractivity contribution in [2.75, 3.05) is 11.5 Å². The number of sulfone groups is 1. The lowest BCUT2D eigenvalue weighted by molar-refractivity contribution is 0.0939. The van der Waals surface area contributed by atoms with Crippen LogP contribution in [0.5, 0.6) is 0 Å². The highest BCUT2D eigenvalue weighted by molar-refractivity contribution is 7.91. The van der Waals surface area contributed by atoms with Crippen molar-refractivity contribution in [2.45, 2.75) is 32.9 Å². The van der Waals surface area contributed by atoms with E-state index in [4.69, 9.17) is 0 Å². The van der Waals surface area contributed by atoms with E-state index in [9.17, 15) is 18.0 Å². The fourth-order valence-corrected chi connectivity index (χ4v) is 4.61. The van der Waals surface area contributed by atoms with E-state index in [1.807, 2.05) is 13.8 Å². The van der Waals surface area contributed by atoms with Crippen LogP contribution in [0.3, 0.4) is 0 Å². The van der Waals surface area contributed by atoms with Crippen LogP contribution in [0.4, 0.5) is 0 Å². The topological polar surface area (TPSA) is 98.1 Å². The molecule has 1 saturated heterocycles. The Hall–Kier alpha value is -2.22. The van der Waals surface area contributed by atoms with Crippen molar-refractivity contribution in [1.29, 1.82) is 0 Å². The Morgan fingerprint density at radius 2 is 2.17 bits per heavy atom. The molecule has 3 heterocycles. The van der Waals surface area contributed by atoms with Crippen LogP contribution in [0.1, 0.15) is 29.4 Å². The minimum Gasteiger partial charge on any atom is -0.348 e. The van der Waals surface area contributed by atoms with Crippen LogP contribution >= 0.6 is 0 Å². The van der Waals surface area contributed by atoms with Gasteiger partial charge in [0.1, 0.15) is 11.2 Å². The SMILES string of the molecule is CCn1cc(C(=O)N[C@H]2CCS(=O)(=O)C2)c(=O)c2ccc(C)nc21. The molecule has 1 aliphatic heterocycles. The standard InChI is InChI=1S/C16H19N3O4S/c1-3-19-8-13(14(20)12-5-4-10(2)17-15(12)19)16(21)18-11-6-7-24(22,23)9-11/h4-5,8,11H,3,6-7,9H2,1-2H3,(H,18,21)/t11-/m0/s1. The van der Waals surface area contributed by atoms with Crippen molar-refractivity contribution in [3.8, 4) is 0 Å². The number of aryl methyl sites for hydroxylation is 2. The molecule has 128 valence electrons. The fourth-order valence-electron chi connectivity index (χ4n) is 2.93. The lowest BCUT2D eigenvalue weighted by Gasteiger charge is -2.13. The van der Waals surface area contributed by atoms with Crippen molar-refractivity contribution in [2.24, 2.45) is 0 Å². The van der Waals surface area contributed by atoms with Crippen molar-refractivity contribution in [3.63, 3.8) is 0 Å². The van der Waals surface area contributed by atoms with Crippen LogP contribution in [0.2, 0.25) is 0 Å². The predicted molar refractivity (Wildman–Crippen MR) is 90.9 cm³/mol. The molecule has 0 unspecified atom stereocenters. The van der Waals surface area contributed by atoms with Gasteiger partial charge in [0.05, 0.1) is 16.9 Å². The summed E-state index contributed by atoms with van der Waals surface area (Å²) in [5.74, 6) is -0.542. The first-order valence-electron chi connectivity index (χ1n) is 7.83. The number of fused-ring (bicyclic) bond motifs is 1. The predicted octanol–water partition coefficient (Wildman–Crippen LogP) is 0.642. The Balaban J connectivity index is 2.00. The largest absolute Gasteiger partial charge is 0.348 e. The first-order valence-corrected chi connectivity index (χ1v) is 9.65. The number of nitrogens with zero attached hydrogens (tertiary/aromatic N) is 2. The van der Waals surface area contributed by atoms with Crippen LogP contribution in [-0.4, -0.2) is 41.4 Å². The van der Waals surface area contributed by atoms with Gasteiger partial charge < -0.3 is 9.88 Å². The van der Waals surface area contributed by atoms with Gasteiger partial charge in [0.2, 0.25) is 5.43 Å². The van der Waals surface area contributed by atoms with Gasteiger partial charge in [-0.05, 0) is 32.4 Å². The van der Waals surface area contributed by atoms with Gasteiger partial charge in [0.15, 0.2) is 9.84 Å². The second kappa shape index (κ2) is 6.01. The Labute approximate surface area is 139 Å². The molecule has 0 saturated carbocycles. The molecule has 24 heavy (non-hydrogen) atoms. The summed E-state index contributed by atoms with van der Waals surface area (Å²) < 4.78 is 24.8. The van der Waals surface area contributed by atoms with Gasteiger partial charge in [-0.3, -0.25) is 9.59 Å². The number of amides is 1. The van der Waals surface area contributed by atoms with Gasteiger partial charge in [-0.1, -0.05) is 0 Å². The average Bonchev–Trinajstić information content (AvgIpc) is 2.86. The maximum Gasteiger partial charge on any atom is 0.257 e. The molecule has 1 atom stereocenters. The fraction of sp³-hybridized carbons (Fsp3) is 0.438. The van der Waals surface area contributed by atoms with Crippen molar-refractivity contribution in [1.82, 2.24) is 14.9 Å². The van der Waals surface area contributed by atoms with Gasteiger partial charge in [0.25, 0.3) is 5.91 Å². The molecule has 8 heteroatoms. The Morgan fingerprint density at radius 1 is 1.42 bits per heavy atom. The van der Waals surface area contributed by atoms with Crippen LogP contribution in [0.25, 0.3) is 11.0 Å². The summed E-state index contributed by atoms with van der Waals surface area (Å²) in [5.41, 5.74) is 0.958. The maximum atomic E-state index is 12.6. The molecular formula is C16H19N3O4S. The number of hydrogen-bond donors (Lipinski definition) is 1. The zero-order valence-corrected chi connectivity index (χ0v) is 14.4. The van der Waals surface area contributed by atoms with Gasteiger partial charge in [0, 0.05) is 24.5 Å². The first-order chi connectivity index (χ1) is 11.3. The molecule has 0 radical (unpaired) electrons. The molecule has 0 spiro atoms. The number of rotatable bonds is 3. The number of pyridine rings is 2. The van der Waals surface area contributed by atoms with Crippen molar-refractivity contribution in [3.05, 3.63) is 39.8 Å². The van der Waals surface area contributed by atoms with E-state index in [2.05, 4.69) is 10.3 Å². The van der Waals surface area contributed by atoms with Gasteiger partial charge in [-0.15, -0.1) is 0 Å². The normalized spacial score (nSPS) is 19.5. The second-order valence-corrected chi connectivity index (χ2v) is 8.28. The third-order valence-corrected chi connectivity index (χ3v) is 5.98. The van der Waals surface area contributed by atoms with E-state index in [1.54, 1.807) is 16.7 Å². The molecule has 0 aliphatic carbocycles. The highest BCUT2D eigenvalue weighted by Crippen LogP contribution is 2.14. The summed E-state index contributed by atoms with van der Waals surface area (Å²) >= 11 is 0. The van der Waals surface area contributed by atoms with E-state index in [-0.39, 0.29) is 22.5 Å². The molecule has 1 fully saturated rings. The second-order valence-electron chi connectivity index (χ2n) is 6.06. The van der Waals surface area contributed by atoms with Gasteiger partial charge >= 0.3 is 0 Å². The number of carbonyl (C=O) groups is 1. The highest BCUT2D eigenvalue weighted by atomic mass is 32.2. The molecule has 0 aromatic carbocycles. The maximum absolute atomic E-state index is 12.6. The zero-order valence-electron chi connectivity index (χ0n) is 13.6. The summed E-state index contributed by atoms with van der Waals surface area (Å²) in [5, 5.41) is 3.05. The zero-order chi connectivity index (χ0) is 17.5. The molecule has 7 nitrogen and oxygen atoms in total. The number of nitrogens with one attached hydrogen (secondary N) is 1. The van der Waals surface area contributed by atoms with E-state index < -0.39 is 21.8 Å². The molecule has 1 aliphatic rings. The number of carbonyl (C=O) groups excluding carboxylic acids is 1. The lowest BCUT2D eigenvalue weighted by atomic mass is 10.1. The summed E-state index contributed by atoms with van der Waals surface area (Å²) in [6.45, 7) is 4.30. The molecule has 0 bridgehead atoms. The Morgan fingerprint density at radius 3 is 2.79 bits per heavy atom. The lowest BCUT2D eigenvalue weighted by Crippen LogP contribution is -2.38.